The van der Waals surface area contributed by atoms with Crippen molar-refractivity contribution in [3.63, 3.8) is 0 Å². The molecule has 1 nitrogen and oxygen atoms in total. The maximum absolute atomic E-state index is 12.8. The largest absolute Gasteiger partial charge is 0.300 e. The van der Waals surface area contributed by atoms with E-state index >= 15 is 0 Å². The van der Waals surface area contributed by atoms with Crippen LogP contribution >= 0.6 is 0 Å². The maximum atomic E-state index is 12.8. The summed E-state index contributed by atoms with van der Waals surface area (Å²) < 4.78 is 12.8. The van der Waals surface area contributed by atoms with Crippen LogP contribution in [0.4, 0.5) is 4.39 Å². The Morgan fingerprint density at radius 1 is 1.31 bits per heavy atom. The van der Waals surface area contributed by atoms with Crippen LogP contribution in [0.1, 0.15) is 31.7 Å². The van der Waals surface area contributed by atoms with Gasteiger partial charge in [0.2, 0.25) is 0 Å². The van der Waals surface area contributed by atoms with Gasteiger partial charge in [-0.05, 0) is 56.5 Å². The van der Waals surface area contributed by atoms with Gasteiger partial charge >= 0.3 is 0 Å². The van der Waals surface area contributed by atoms with Gasteiger partial charge in [-0.25, -0.2) is 4.39 Å². The normalized spacial score (nSPS) is 21.5. The lowest BCUT2D eigenvalue weighted by Crippen LogP contribution is -2.31. The predicted octanol–water partition coefficient (Wildman–Crippen LogP) is 3.24. The molecule has 0 unspecified atom stereocenters. The highest BCUT2D eigenvalue weighted by Crippen LogP contribution is 2.21. The van der Waals surface area contributed by atoms with Gasteiger partial charge < -0.3 is 4.90 Å². The van der Waals surface area contributed by atoms with Gasteiger partial charge in [-0.15, -0.1) is 0 Å². The van der Waals surface area contributed by atoms with Crippen LogP contribution in [0.3, 0.4) is 0 Å². The number of benzene rings is 1. The summed E-state index contributed by atoms with van der Waals surface area (Å²) in [6.45, 7) is 4.67. The van der Waals surface area contributed by atoms with Crippen molar-refractivity contribution in [2.45, 2.75) is 38.6 Å². The molecule has 0 bridgehead atoms. The predicted molar refractivity (Wildman–Crippen MR) is 65.0 cm³/mol. The van der Waals surface area contributed by atoms with Crippen molar-refractivity contribution in [2.24, 2.45) is 0 Å². The lowest BCUT2D eigenvalue weighted by atomic mass is 10.0. The van der Waals surface area contributed by atoms with Crippen molar-refractivity contribution in [1.29, 1.82) is 0 Å². The van der Waals surface area contributed by atoms with Gasteiger partial charge in [0, 0.05) is 6.04 Å². The Bertz CT molecular complexity index is 320. The number of likely N-dealkylation sites (tertiary alicyclic amines) is 1. The van der Waals surface area contributed by atoms with Gasteiger partial charge in [-0.3, -0.25) is 0 Å². The highest BCUT2D eigenvalue weighted by atomic mass is 19.1. The Morgan fingerprint density at radius 2 is 2.06 bits per heavy atom. The fourth-order valence-corrected chi connectivity index (χ4v) is 2.60. The molecule has 0 N–H and O–H groups in total. The van der Waals surface area contributed by atoms with Crippen molar-refractivity contribution in [2.75, 3.05) is 13.1 Å². The number of hydrogen-bond acceptors (Lipinski definition) is 1. The lowest BCUT2D eigenvalue weighted by molar-refractivity contribution is 0.253. The highest BCUT2D eigenvalue weighted by molar-refractivity contribution is 5.17. The molecular formula is C14H20FN. The van der Waals surface area contributed by atoms with E-state index in [1.165, 1.54) is 37.9 Å². The third-order valence-electron chi connectivity index (χ3n) is 3.39. The van der Waals surface area contributed by atoms with E-state index in [4.69, 9.17) is 0 Å². The molecule has 2 rings (SSSR count). The van der Waals surface area contributed by atoms with Gasteiger partial charge in [0.15, 0.2) is 0 Å². The molecule has 0 saturated carbocycles. The molecule has 88 valence electrons. The average Bonchev–Trinajstić information content (AvgIpc) is 2.70. The molecule has 1 atom stereocenters. The van der Waals surface area contributed by atoms with E-state index in [9.17, 15) is 4.39 Å². The molecule has 0 aliphatic carbocycles. The molecule has 1 aromatic rings. The van der Waals surface area contributed by atoms with Gasteiger partial charge in [-0.1, -0.05) is 19.1 Å². The van der Waals surface area contributed by atoms with Crippen LogP contribution in [0.2, 0.25) is 0 Å². The average molecular weight is 221 g/mol. The molecule has 2 heteroatoms. The van der Waals surface area contributed by atoms with Crippen LogP contribution in [0.15, 0.2) is 24.3 Å². The summed E-state index contributed by atoms with van der Waals surface area (Å²) in [7, 11) is 0. The standard InChI is InChI=1S/C14H20FN/c1-2-9-16-10-3-4-14(16)11-12-5-7-13(15)8-6-12/h5-8,14H,2-4,9-11H2,1H3/t14-/m1/s1. The van der Waals surface area contributed by atoms with E-state index < -0.39 is 0 Å². The topological polar surface area (TPSA) is 3.24 Å². The third kappa shape index (κ3) is 2.82. The number of halogens is 1. The van der Waals surface area contributed by atoms with Gasteiger partial charge in [0.05, 0.1) is 0 Å². The third-order valence-corrected chi connectivity index (χ3v) is 3.39. The fourth-order valence-electron chi connectivity index (χ4n) is 2.60. The summed E-state index contributed by atoms with van der Waals surface area (Å²) in [6, 6.07) is 7.63. The van der Waals surface area contributed by atoms with Crippen LogP contribution in [-0.4, -0.2) is 24.0 Å². The summed E-state index contributed by atoms with van der Waals surface area (Å²) in [5, 5.41) is 0. The van der Waals surface area contributed by atoms with Crippen LogP contribution in [0, 0.1) is 5.82 Å². The fraction of sp³-hybridized carbons (Fsp3) is 0.571. The Morgan fingerprint density at radius 3 is 2.75 bits per heavy atom. The SMILES string of the molecule is CCCN1CCC[C@@H]1Cc1ccc(F)cc1. The van der Waals surface area contributed by atoms with Crippen molar-refractivity contribution in [3.8, 4) is 0 Å². The monoisotopic (exact) mass is 221 g/mol. The number of hydrogen-bond donors (Lipinski definition) is 0. The second-order valence-corrected chi connectivity index (χ2v) is 4.66. The molecule has 1 aromatic carbocycles. The zero-order valence-corrected chi connectivity index (χ0v) is 9.95. The molecule has 1 saturated heterocycles. The zero-order chi connectivity index (χ0) is 11.4. The van der Waals surface area contributed by atoms with Crippen molar-refractivity contribution < 1.29 is 4.39 Å². The van der Waals surface area contributed by atoms with Gasteiger partial charge in [-0.2, -0.15) is 0 Å². The Hall–Kier alpha value is -0.890. The first-order chi connectivity index (χ1) is 7.79. The van der Waals surface area contributed by atoms with E-state index in [-0.39, 0.29) is 5.82 Å². The minimum absolute atomic E-state index is 0.138. The Kier molecular flexibility index (Phi) is 3.94. The van der Waals surface area contributed by atoms with E-state index in [1.807, 2.05) is 12.1 Å². The first-order valence-corrected chi connectivity index (χ1v) is 6.28. The quantitative estimate of drug-likeness (QED) is 0.754. The Balaban J connectivity index is 1.95. The molecular weight excluding hydrogens is 201 g/mol. The highest BCUT2D eigenvalue weighted by Gasteiger charge is 2.23. The molecule has 0 radical (unpaired) electrons. The van der Waals surface area contributed by atoms with Crippen molar-refractivity contribution in [1.82, 2.24) is 4.90 Å². The zero-order valence-electron chi connectivity index (χ0n) is 9.95. The second kappa shape index (κ2) is 5.44. The number of rotatable bonds is 4. The van der Waals surface area contributed by atoms with E-state index in [0.717, 1.165) is 6.42 Å². The van der Waals surface area contributed by atoms with Gasteiger partial charge in [0.25, 0.3) is 0 Å². The van der Waals surface area contributed by atoms with Crippen LogP contribution in [0.25, 0.3) is 0 Å². The van der Waals surface area contributed by atoms with E-state index in [1.54, 1.807) is 12.1 Å². The molecule has 1 fully saturated rings. The van der Waals surface area contributed by atoms with Crippen molar-refractivity contribution >= 4 is 0 Å². The molecule has 1 aliphatic heterocycles. The van der Waals surface area contributed by atoms with Crippen LogP contribution in [0.5, 0.6) is 0 Å². The molecule has 1 aliphatic rings. The summed E-state index contributed by atoms with van der Waals surface area (Å²) in [4.78, 5) is 2.57. The van der Waals surface area contributed by atoms with Crippen LogP contribution in [-0.2, 0) is 6.42 Å². The summed E-state index contributed by atoms with van der Waals surface area (Å²) >= 11 is 0. The first kappa shape index (κ1) is 11.6. The minimum atomic E-state index is -0.138. The first-order valence-electron chi connectivity index (χ1n) is 6.28. The smallest absolute Gasteiger partial charge is 0.123 e. The molecule has 1 heterocycles. The molecule has 16 heavy (non-hydrogen) atoms. The maximum Gasteiger partial charge on any atom is 0.123 e. The number of nitrogens with zero attached hydrogens (tertiary/aromatic N) is 1. The van der Waals surface area contributed by atoms with Crippen LogP contribution < -0.4 is 0 Å². The molecule has 0 amide bonds. The minimum Gasteiger partial charge on any atom is -0.300 e. The van der Waals surface area contributed by atoms with Crippen molar-refractivity contribution in [3.05, 3.63) is 35.6 Å². The Labute approximate surface area is 97.3 Å². The second-order valence-electron chi connectivity index (χ2n) is 4.66. The summed E-state index contributed by atoms with van der Waals surface area (Å²) in [6.07, 6.45) is 4.89. The lowest BCUT2D eigenvalue weighted by Gasteiger charge is -2.23. The van der Waals surface area contributed by atoms with E-state index in [2.05, 4.69) is 11.8 Å². The van der Waals surface area contributed by atoms with Gasteiger partial charge in [0.1, 0.15) is 5.82 Å². The molecule has 0 spiro atoms. The molecule has 0 aromatic heterocycles. The summed E-state index contributed by atoms with van der Waals surface area (Å²) in [5.74, 6) is -0.138. The van der Waals surface area contributed by atoms with E-state index in [0.29, 0.717) is 6.04 Å². The summed E-state index contributed by atoms with van der Waals surface area (Å²) in [5.41, 5.74) is 1.26.